The van der Waals surface area contributed by atoms with Crippen molar-refractivity contribution in [3.8, 4) is 0 Å². The van der Waals surface area contributed by atoms with Gasteiger partial charge in [0.05, 0.1) is 10.6 Å². The molecule has 0 radical (unpaired) electrons. The Labute approximate surface area is 78.2 Å². The minimum atomic E-state index is -0.620. The zero-order valence-corrected chi connectivity index (χ0v) is 7.27. The van der Waals surface area contributed by atoms with E-state index >= 15 is 0 Å². The van der Waals surface area contributed by atoms with Crippen molar-refractivity contribution in [1.29, 1.82) is 0 Å². The Bertz CT molecular complexity index is 307. The van der Waals surface area contributed by atoms with E-state index in [-0.39, 0.29) is 15.8 Å². The number of hydrogen-bond donors (Lipinski definition) is 1. The molecule has 12 heavy (non-hydrogen) atoms. The second-order valence-electron chi connectivity index (χ2n) is 1.99. The maximum atomic E-state index is 12.9. The Morgan fingerprint density at radius 1 is 1.50 bits per heavy atom. The van der Waals surface area contributed by atoms with Crippen LogP contribution in [0.25, 0.3) is 0 Å². The van der Waals surface area contributed by atoms with Crippen molar-refractivity contribution in [3.05, 3.63) is 34.6 Å². The summed E-state index contributed by atoms with van der Waals surface area (Å²) < 4.78 is 12.9. The molecular formula is C7H4Cl2FNO. The Hall–Kier alpha value is -0.800. The van der Waals surface area contributed by atoms with Crippen LogP contribution in [0, 0.1) is 5.82 Å². The van der Waals surface area contributed by atoms with Crippen molar-refractivity contribution in [2.75, 3.05) is 0 Å². The Morgan fingerprint density at radius 3 is 2.67 bits per heavy atom. The first-order valence-electron chi connectivity index (χ1n) is 2.98. The fourth-order valence-corrected chi connectivity index (χ4v) is 1.24. The molecule has 1 rings (SSSR count). The van der Waals surface area contributed by atoms with Gasteiger partial charge in [0.1, 0.15) is 5.82 Å². The lowest BCUT2D eigenvalue weighted by molar-refractivity contribution is 0.320. The Balaban J connectivity index is 3.31. The van der Waals surface area contributed by atoms with Crippen molar-refractivity contribution in [2.45, 2.75) is 0 Å². The first-order chi connectivity index (χ1) is 5.66. The molecule has 1 aromatic rings. The molecule has 0 unspecified atom stereocenters. The van der Waals surface area contributed by atoms with Crippen LogP contribution in [0.2, 0.25) is 5.02 Å². The molecule has 64 valence electrons. The summed E-state index contributed by atoms with van der Waals surface area (Å²) in [5.74, 6) is -0.620. The van der Waals surface area contributed by atoms with Crippen LogP contribution in [0.3, 0.4) is 0 Å². The van der Waals surface area contributed by atoms with Crippen LogP contribution in [-0.4, -0.2) is 10.4 Å². The maximum Gasteiger partial charge on any atom is 0.179 e. The molecule has 0 saturated heterocycles. The predicted molar refractivity (Wildman–Crippen MR) is 45.6 cm³/mol. The van der Waals surface area contributed by atoms with E-state index in [4.69, 9.17) is 28.4 Å². The minimum Gasteiger partial charge on any atom is -0.410 e. The summed E-state index contributed by atoms with van der Waals surface area (Å²) in [7, 11) is 0. The number of halogens is 3. The molecule has 0 aromatic heterocycles. The molecule has 0 atom stereocenters. The second-order valence-corrected chi connectivity index (χ2v) is 2.75. The zero-order chi connectivity index (χ0) is 9.14. The summed E-state index contributed by atoms with van der Waals surface area (Å²) in [5.41, 5.74) is -0.0941. The molecule has 0 aliphatic rings. The smallest absolute Gasteiger partial charge is 0.179 e. The molecular weight excluding hydrogens is 204 g/mol. The summed E-state index contributed by atoms with van der Waals surface area (Å²) in [6.07, 6.45) is 0. The number of benzene rings is 1. The lowest BCUT2D eigenvalue weighted by Gasteiger charge is -2.00. The van der Waals surface area contributed by atoms with Crippen molar-refractivity contribution in [2.24, 2.45) is 5.16 Å². The van der Waals surface area contributed by atoms with E-state index in [9.17, 15) is 4.39 Å². The standard InChI is InChI=1S/C7H4Cl2FNO/c8-4-2-1-3-5(10)6(4)7(9)11-12/h1-3,12H/b11-7+. The predicted octanol–water partition coefficient (Wildman–Crippen LogP) is 2.85. The van der Waals surface area contributed by atoms with Gasteiger partial charge in [-0.15, -0.1) is 0 Å². The molecule has 0 saturated carbocycles. The van der Waals surface area contributed by atoms with Crippen LogP contribution >= 0.6 is 23.2 Å². The lowest BCUT2D eigenvalue weighted by Crippen LogP contribution is -1.96. The van der Waals surface area contributed by atoms with Gasteiger partial charge in [-0.25, -0.2) is 4.39 Å². The topological polar surface area (TPSA) is 32.6 Å². The van der Waals surface area contributed by atoms with Gasteiger partial charge in [-0.2, -0.15) is 0 Å². The molecule has 1 N–H and O–H groups in total. The summed E-state index contributed by atoms with van der Waals surface area (Å²) in [4.78, 5) is 0. The van der Waals surface area contributed by atoms with Crippen LogP contribution in [0.4, 0.5) is 4.39 Å². The Kier molecular flexibility index (Phi) is 2.89. The molecule has 0 spiro atoms. The van der Waals surface area contributed by atoms with Crippen LogP contribution in [-0.2, 0) is 0 Å². The van der Waals surface area contributed by atoms with Crippen molar-refractivity contribution in [3.63, 3.8) is 0 Å². The fourth-order valence-electron chi connectivity index (χ4n) is 0.745. The van der Waals surface area contributed by atoms with E-state index in [1.807, 2.05) is 0 Å². The highest BCUT2D eigenvalue weighted by Gasteiger charge is 2.11. The van der Waals surface area contributed by atoms with E-state index in [0.717, 1.165) is 0 Å². The first kappa shape index (κ1) is 9.29. The van der Waals surface area contributed by atoms with Crippen molar-refractivity contribution >= 4 is 28.4 Å². The van der Waals surface area contributed by atoms with Gasteiger partial charge < -0.3 is 5.21 Å². The monoisotopic (exact) mass is 207 g/mol. The SMILES string of the molecule is O/N=C(/Cl)c1c(F)cccc1Cl. The second kappa shape index (κ2) is 3.74. The van der Waals surface area contributed by atoms with Gasteiger partial charge in [0, 0.05) is 0 Å². The molecule has 2 nitrogen and oxygen atoms in total. The third-order valence-electron chi connectivity index (χ3n) is 1.26. The van der Waals surface area contributed by atoms with E-state index in [1.165, 1.54) is 18.2 Å². The van der Waals surface area contributed by atoms with Gasteiger partial charge in [-0.05, 0) is 12.1 Å². The third kappa shape index (κ3) is 1.68. The van der Waals surface area contributed by atoms with E-state index < -0.39 is 5.82 Å². The van der Waals surface area contributed by atoms with Crippen molar-refractivity contribution in [1.82, 2.24) is 0 Å². The fraction of sp³-hybridized carbons (Fsp3) is 0. The van der Waals surface area contributed by atoms with Gasteiger partial charge in [0.2, 0.25) is 0 Å². The van der Waals surface area contributed by atoms with Gasteiger partial charge in [-0.3, -0.25) is 0 Å². The molecule has 0 amide bonds. The quantitative estimate of drug-likeness (QED) is 0.429. The van der Waals surface area contributed by atoms with Gasteiger partial charge >= 0.3 is 0 Å². The largest absolute Gasteiger partial charge is 0.410 e. The zero-order valence-electron chi connectivity index (χ0n) is 5.76. The highest BCUT2D eigenvalue weighted by atomic mass is 35.5. The van der Waals surface area contributed by atoms with Crippen LogP contribution in [0.15, 0.2) is 23.4 Å². The van der Waals surface area contributed by atoms with Gasteiger partial charge in [0.15, 0.2) is 5.17 Å². The number of oxime groups is 1. The summed E-state index contributed by atoms with van der Waals surface area (Å²) in [6, 6.07) is 4.06. The average molecular weight is 208 g/mol. The number of nitrogens with zero attached hydrogens (tertiary/aromatic N) is 1. The summed E-state index contributed by atoms with van der Waals surface area (Å²) in [5, 5.41) is 10.7. The minimum absolute atomic E-state index is 0.0941. The van der Waals surface area contributed by atoms with E-state index in [0.29, 0.717) is 0 Å². The molecule has 0 aliphatic carbocycles. The average Bonchev–Trinajstić information content (AvgIpc) is 2.03. The highest BCUT2D eigenvalue weighted by Crippen LogP contribution is 2.20. The lowest BCUT2D eigenvalue weighted by atomic mass is 10.2. The number of rotatable bonds is 1. The normalized spacial score (nSPS) is 11.8. The van der Waals surface area contributed by atoms with E-state index in [2.05, 4.69) is 5.16 Å². The van der Waals surface area contributed by atoms with Crippen LogP contribution in [0.1, 0.15) is 5.56 Å². The third-order valence-corrected chi connectivity index (χ3v) is 1.84. The molecule has 0 aliphatic heterocycles. The first-order valence-corrected chi connectivity index (χ1v) is 3.74. The number of hydrogen-bond acceptors (Lipinski definition) is 2. The highest BCUT2D eigenvalue weighted by molar-refractivity contribution is 6.70. The maximum absolute atomic E-state index is 12.9. The molecule has 0 bridgehead atoms. The molecule has 5 heteroatoms. The van der Waals surface area contributed by atoms with Crippen molar-refractivity contribution < 1.29 is 9.60 Å². The van der Waals surface area contributed by atoms with Crippen LogP contribution < -0.4 is 0 Å². The molecule has 0 heterocycles. The van der Waals surface area contributed by atoms with Crippen LogP contribution in [0.5, 0.6) is 0 Å². The van der Waals surface area contributed by atoms with Gasteiger partial charge in [-0.1, -0.05) is 34.4 Å². The molecule has 1 aromatic carbocycles. The Morgan fingerprint density at radius 2 is 2.17 bits per heavy atom. The molecule has 0 fully saturated rings. The summed E-state index contributed by atoms with van der Waals surface area (Å²) >= 11 is 11.0. The summed E-state index contributed by atoms with van der Waals surface area (Å²) in [6.45, 7) is 0. The van der Waals surface area contributed by atoms with E-state index in [1.54, 1.807) is 0 Å². The van der Waals surface area contributed by atoms with Gasteiger partial charge in [0.25, 0.3) is 0 Å².